The second-order valence-electron chi connectivity index (χ2n) is 4.62. The van der Waals surface area contributed by atoms with Gasteiger partial charge in [-0.3, -0.25) is 0 Å². The highest BCUT2D eigenvalue weighted by Gasteiger charge is 2.18. The van der Waals surface area contributed by atoms with Gasteiger partial charge in [-0.25, -0.2) is 13.1 Å². The molecule has 0 unspecified atom stereocenters. The number of hydrogen-bond donors (Lipinski definition) is 2. The van der Waals surface area contributed by atoms with Crippen LogP contribution in [0.4, 0.5) is 0 Å². The van der Waals surface area contributed by atoms with Crippen molar-refractivity contribution in [2.75, 3.05) is 6.54 Å². The van der Waals surface area contributed by atoms with Crippen LogP contribution in [0.25, 0.3) is 0 Å². The maximum Gasteiger partial charge on any atom is 0.241 e. The number of aromatic nitrogens is 1. The Kier molecular flexibility index (Phi) is 5.11. The van der Waals surface area contributed by atoms with Gasteiger partial charge in [-0.15, -0.1) is 0 Å². The van der Waals surface area contributed by atoms with Gasteiger partial charge in [0.15, 0.2) is 5.76 Å². The van der Waals surface area contributed by atoms with E-state index in [1.807, 2.05) is 19.9 Å². The minimum Gasteiger partial charge on any atom is -0.360 e. The Hall–Kier alpha value is -1.70. The van der Waals surface area contributed by atoms with E-state index in [-0.39, 0.29) is 11.4 Å². The summed E-state index contributed by atoms with van der Waals surface area (Å²) in [5.41, 5.74) is 1.72. The zero-order valence-electron chi connectivity index (χ0n) is 12.1. The fraction of sp³-hybridized carbons (Fsp3) is 0.357. The summed E-state index contributed by atoms with van der Waals surface area (Å²) in [7, 11) is -3.58. The van der Waals surface area contributed by atoms with Crippen molar-refractivity contribution in [1.82, 2.24) is 15.2 Å². The predicted octanol–water partition coefficient (Wildman–Crippen LogP) is 1.57. The van der Waals surface area contributed by atoms with Crippen molar-refractivity contribution in [2.24, 2.45) is 0 Å². The molecule has 6 nitrogen and oxygen atoms in total. The van der Waals surface area contributed by atoms with E-state index in [2.05, 4.69) is 15.2 Å². The van der Waals surface area contributed by atoms with E-state index in [1.54, 1.807) is 18.2 Å². The molecule has 2 rings (SSSR count). The van der Waals surface area contributed by atoms with Crippen molar-refractivity contribution >= 4 is 10.0 Å². The van der Waals surface area contributed by atoms with Gasteiger partial charge in [-0.1, -0.05) is 24.2 Å². The molecule has 0 spiro atoms. The minimum atomic E-state index is -3.58. The minimum absolute atomic E-state index is 0.0826. The lowest BCUT2D eigenvalue weighted by Gasteiger charge is -2.12. The molecule has 2 aromatic rings. The molecule has 1 aromatic heterocycles. The Bertz CT molecular complexity index is 681. The monoisotopic (exact) mass is 309 g/mol. The van der Waals surface area contributed by atoms with Crippen molar-refractivity contribution in [3.05, 3.63) is 47.3 Å². The van der Waals surface area contributed by atoms with Crippen LogP contribution in [-0.2, 0) is 23.1 Å². The highest BCUT2D eigenvalue weighted by Crippen LogP contribution is 2.19. The van der Waals surface area contributed by atoms with Crippen LogP contribution in [0.1, 0.15) is 23.8 Å². The van der Waals surface area contributed by atoms with Gasteiger partial charge in [0.2, 0.25) is 10.0 Å². The molecule has 21 heavy (non-hydrogen) atoms. The van der Waals surface area contributed by atoms with Crippen LogP contribution >= 0.6 is 0 Å². The second-order valence-corrected chi connectivity index (χ2v) is 6.36. The molecule has 0 aliphatic heterocycles. The molecule has 0 aliphatic carbocycles. The molecule has 1 aromatic carbocycles. The third-order valence-corrected chi connectivity index (χ3v) is 4.72. The van der Waals surface area contributed by atoms with Crippen molar-refractivity contribution in [3.8, 4) is 0 Å². The van der Waals surface area contributed by atoms with Gasteiger partial charge < -0.3 is 9.84 Å². The number of benzene rings is 1. The average molecular weight is 309 g/mol. The summed E-state index contributed by atoms with van der Waals surface area (Å²) in [5, 5.41) is 6.74. The normalized spacial score (nSPS) is 11.7. The van der Waals surface area contributed by atoms with E-state index >= 15 is 0 Å². The lowest BCUT2D eigenvalue weighted by atomic mass is 10.1. The van der Waals surface area contributed by atoms with Crippen LogP contribution < -0.4 is 10.0 Å². The smallest absolute Gasteiger partial charge is 0.241 e. The highest BCUT2D eigenvalue weighted by atomic mass is 32.2. The molecule has 0 amide bonds. The topological polar surface area (TPSA) is 84.2 Å². The van der Waals surface area contributed by atoms with Crippen molar-refractivity contribution in [3.63, 3.8) is 0 Å². The summed E-state index contributed by atoms with van der Waals surface area (Å²) < 4.78 is 32.2. The largest absolute Gasteiger partial charge is 0.360 e. The maximum atomic E-state index is 12.4. The van der Waals surface area contributed by atoms with E-state index in [0.29, 0.717) is 12.3 Å². The fourth-order valence-electron chi connectivity index (χ4n) is 1.98. The summed E-state index contributed by atoms with van der Waals surface area (Å²) in [6.07, 6.45) is 1.48. The van der Waals surface area contributed by atoms with Crippen LogP contribution in [0.5, 0.6) is 0 Å². The van der Waals surface area contributed by atoms with Gasteiger partial charge in [0.1, 0.15) is 0 Å². The fourth-order valence-corrected chi connectivity index (χ4v) is 3.26. The first-order valence-electron chi connectivity index (χ1n) is 6.73. The maximum absolute atomic E-state index is 12.4. The Labute approximate surface area is 124 Å². The summed E-state index contributed by atoms with van der Waals surface area (Å²) in [6, 6.07) is 6.90. The first kappa shape index (κ1) is 15.7. The Balaban J connectivity index is 2.19. The molecule has 1 heterocycles. The van der Waals surface area contributed by atoms with E-state index in [0.717, 1.165) is 17.7 Å². The molecule has 0 atom stereocenters. The van der Waals surface area contributed by atoms with Gasteiger partial charge >= 0.3 is 0 Å². The van der Waals surface area contributed by atoms with E-state index in [9.17, 15) is 8.42 Å². The summed E-state index contributed by atoms with van der Waals surface area (Å²) in [4.78, 5) is 0.289. The van der Waals surface area contributed by atoms with Gasteiger partial charge in [-0.05, 0) is 30.7 Å². The molecule has 114 valence electrons. The SMILES string of the molecule is CCNCc1cccc(S(=O)(=O)NCc2ccno2)c1C. The molecular formula is C14H19N3O3S. The zero-order chi connectivity index (χ0) is 15.3. The van der Waals surface area contributed by atoms with E-state index < -0.39 is 10.0 Å². The molecule has 0 saturated heterocycles. The Morgan fingerprint density at radius 1 is 1.24 bits per heavy atom. The van der Waals surface area contributed by atoms with Crippen LogP contribution in [-0.4, -0.2) is 20.1 Å². The summed E-state index contributed by atoms with van der Waals surface area (Å²) in [6.45, 7) is 5.39. The molecule has 2 N–H and O–H groups in total. The van der Waals surface area contributed by atoms with E-state index in [1.165, 1.54) is 6.20 Å². The first-order chi connectivity index (χ1) is 10.0. The van der Waals surface area contributed by atoms with Crippen LogP contribution in [0.15, 0.2) is 39.9 Å². The number of rotatable bonds is 7. The van der Waals surface area contributed by atoms with Crippen molar-refractivity contribution in [1.29, 1.82) is 0 Å². The molecule has 0 saturated carbocycles. The molecule has 0 radical (unpaired) electrons. The van der Waals surface area contributed by atoms with Gasteiger partial charge in [0.25, 0.3) is 0 Å². The second kappa shape index (κ2) is 6.84. The molecule has 0 aliphatic rings. The van der Waals surface area contributed by atoms with Gasteiger partial charge in [0.05, 0.1) is 17.6 Å². The number of hydrogen-bond acceptors (Lipinski definition) is 5. The highest BCUT2D eigenvalue weighted by molar-refractivity contribution is 7.89. The van der Waals surface area contributed by atoms with Gasteiger partial charge in [0, 0.05) is 12.6 Å². The lowest BCUT2D eigenvalue weighted by Crippen LogP contribution is -2.24. The van der Waals surface area contributed by atoms with E-state index in [4.69, 9.17) is 4.52 Å². The van der Waals surface area contributed by atoms with Crippen molar-refractivity contribution in [2.45, 2.75) is 31.8 Å². The Morgan fingerprint density at radius 2 is 2.05 bits per heavy atom. The molecule has 7 heteroatoms. The standard InChI is InChI=1S/C14H19N3O3S/c1-3-15-9-12-5-4-6-14(11(12)2)21(18,19)17-10-13-7-8-16-20-13/h4-8,15,17H,3,9-10H2,1-2H3. The lowest BCUT2D eigenvalue weighted by molar-refractivity contribution is 0.380. The average Bonchev–Trinajstić information content (AvgIpc) is 2.97. The first-order valence-corrected chi connectivity index (χ1v) is 8.21. The predicted molar refractivity (Wildman–Crippen MR) is 79.1 cm³/mol. The quantitative estimate of drug-likeness (QED) is 0.811. The molecule has 0 bridgehead atoms. The van der Waals surface area contributed by atoms with Crippen LogP contribution in [0.3, 0.4) is 0 Å². The zero-order valence-corrected chi connectivity index (χ0v) is 12.9. The third kappa shape index (κ3) is 3.90. The summed E-state index contributed by atoms with van der Waals surface area (Å²) >= 11 is 0. The molecule has 0 fully saturated rings. The number of nitrogens with zero attached hydrogens (tertiary/aromatic N) is 1. The van der Waals surface area contributed by atoms with Crippen LogP contribution in [0, 0.1) is 6.92 Å². The van der Waals surface area contributed by atoms with Crippen LogP contribution in [0.2, 0.25) is 0 Å². The number of sulfonamides is 1. The summed E-state index contributed by atoms with van der Waals surface area (Å²) in [5.74, 6) is 0.472. The van der Waals surface area contributed by atoms with Gasteiger partial charge in [-0.2, -0.15) is 0 Å². The Morgan fingerprint density at radius 3 is 2.71 bits per heavy atom. The van der Waals surface area contributed by atoms with Crippen molar-refractivity contribution < 1.29 is 12.9 Å². The molecular weight excluding hydrogens is 290 g/mol. The third-order valence-electron chi connectivity index (χ3n) is 3.18. The number of nitrogens with one attached hydrogen (secondary N) is 2.